The molecule has 0 bridgehead atoms. The van der Waals surface area contributed by atoms with E-state index in [9.17, 15) is 13.2 Å². The zero-order valence-corrected chi connectivity index (χ0v) is 17.7. The molecule has 1 fully saturated rings. The van der Waals surface area contributed by atoms with Gasteiger partial charge in [0.25, 0.3) is 0 Å². The summed E-state index contributed by atoms with van der Waals surface area (Å²) in [5, 5.41) is 0. The fraction of sp³-hybridized carbons (Fsp3) is 0.350. The van der Waals surface area contributed by atoms with Crippen molar-refractivity contribution in [3.63, 3.8) is 0 Å². The SMILES string of the molecule is C[C@@H]1C[C@@H](C)CN(S(=O)(=O)c2ccc(C(=O)Oc3ccc(Br)cc3)cc2)C1. The van der Waals surface area contributed by atoms with E-state index in [-0.39, 0.29) is 4.90 Å². The van der Waals surface area contributed by atoms with Gasteiger partial charge >= 0.3 is 5.97 Å². The lowest BCUT2D eigenvalue weighted by atomic mass is 9.94. The van der Waals surface area contributed by atoms with Gasteiger partial charge in [0.1, 0.15) is 5.75 Å². The lowest BCUT2D eigenvalue weighted by Crippen LogP contribution is -2.42. The Hall–Kier alpha value is -1.70. The summed E-state index contributed by atoms with van der Waals surface area (Å²) >= 11 is 3.32. The van der Waals surface area contributed by atoms with Crippen molar-refractivity contribution in [3.05, 3.63) is 58.6 Å². The topological polar surface area (TPSA) is 63.7 Å². The molecule has 5 nitrogen and oxygen atoms in total. The molecule has 0 N–H and O–H groups in total. The van der Waals surface area contributed by atoms with Crippen molar-refractivity contribution in [3.8, 4) is 5.75 Å². The second-order valence-electron chi connectivity index (χ2n) is 7.14. The minimum absolute atomic E-state index is 0.198. The zero-order valence-electron chi connectivity index (χ0n) is 15.3. The van der Waals surface area contributed by atoms with Crippen molar-refractivity contribution in [2.45, 2.75) is 25.2 Å². The molecule has 27 heavy (non-hydrogen) atoms. The first-order chi connectivity index (χ1) is 12.8. The van der Waals surface area contributed by atoms with Crippen LogP contribution >= 0.6 is 15.9 Å². The van der Waals surface area contributed by atoms with Gasteiger partial charge in [-0.05, 0) is 66.8 Å². The number of sulfonamides is 1. The van der Waals surface area contributed by atoms with Crippen LogP contribution in [0.5, 0.6) is 5.75 Å². The Bertz CT molecular complexity index is 900. The molecule has 2 atom stereocenters. The maximum atomic E-state index is 12.9. The van der Waals surface area contributed by atoms with Crippen molar-refractivity contribution in [2.24, 2.45) is 11.8 Å². The Morgan fingerprint density at radius 2 is 1.56 bits per heavy atom. The predicted molar refractivity (Wildman–Crippen MR) is 107 cm³/mol. The highest BCUT2D eigenvalue weighted by atomic mass is 79.9. The Morgan fingerprint density at radius 1 is 1.00 bits per heavy atom. The number of carbonyl (C=O) groups excluding carboxylic acids is 1. The second kappa shape index (κ2) is 8.12. The van der Waals surface area contributed by atoms with Gasteiger partial charge < -0.3 is 4.74 Å². The van der Waals surface area contributed by atoms with Crippen LogP contribution in [0.4, 0.5) is 0 Å². The van der Waals surface area contributed by atoms with Gasteiger partial charge in [0.15, 0.2) is 0 Å². The van der Waals surface area contributed by atoms with Gasteiger partial charge in [-0.1, -0.05) is 29.8 Å². The van der Waals surface area contributed by atoms with Gasteiger partial charge in [0, 0.05) is 17.6 Å². The average molecular weight is 452 g/mol. The summed E-state index contributed by atoms with van der Waals surface area (Å²) in [4.78, 5) is 12.5. The quantitative estimate of drug-likeness (QED) is 0.512. The minimum atomic E-state index is -3.56. The number of carbonyl (C=O) groups is 1. The molecule has 1 saturated heterocycles. The maximum Gasteiger partial charge on any atom is 0.343 e. The fourth-order valence-electron chi connectivity index (χ4n) is 3.38. The Kier molecular flexibility index (Phi) is 6.03. The van der Waals surface area contributed by atoms with Gasteiger partial charge in [0.2, 0.25) is 10.0 Å². The minimum Gasteiger partial charge on any atom is -0.423 e. The first kappa shape index (κ1) is 20.0. The average Bonchev–Trinajstić information content (AvgIpc) is 2.63. The summed E-state index contributed by atoms with van der Waals surface area (Å²) in [6, 6.07) is 12.8. The molecule has 0 unspecified atom stereocenters. The molecule has 0 saturated carbocycles. The number of rotatable bonds is 4. The Balaban J connectivity index is 1.74. The van der Waals surface area contributed by atoms with Gasteiger partial charge in [-0.2, -0.15) is 4.31 Å². The number of hydrogen-bond acceptors (Lipinski definition) is 4. The number of nitrogens with zero attached hydrogens (tertiary/aromatic N) is 1. The van der Waals surface area contributed by atoms with Crippen LogP contribution in [0.2, 0.25) is 0 Å². The molecular weight excluding hydrogens is 430 g/mol. The van der Waals surface area contributed by atoms with Crippen molar-refractivity contribution in [2.75, 3.05) is 13.1 Å². The summed E-state index contributed by atoms with van der Waals surface area (Å²) in [6.45, 7) is 5.19. The van der Waals surface area contributed by atoms with Crippen LogP contribution in [0, 0.1) is 11.8 Å². The predicted octanol–water partition coefficient (Wildman–Crippen LogP) is 4.33. The maximum absolute atomic E-state index is 12.9. The van der Waals surface area contributed by atoms with E-state index in [4.69, 9.17) is 4.74 Å². The van der Waals surface area contributed by atoms with E-state index in [0.29, 0.717) is 36.2 Å². The van der Waals surface area contributed by atoms with Crippen LogP contribution in [-0.4, -0.2) is 31.8 Å². The molecule has 1 heterocycles. The molecule has 3 rings (SSSR count). The number of benzene rings is 2. The standard InChI is InChI=1S/C20H22BrNO4S/c1-14-11-15(2)13-22(12-14)27(24,25)19-9-3-16(4-10-19)20(23)26-18-7-5-17(21)6-8-18/h3-10,14-15H,11-13H2,1-2H3/t14-,15-/m1/s1. The number of halogens is 1. The summed E-state index contributed by atoms with van der Waals surface area (Å²) in [5.41, 5.74) is 0.303. The summed E-state index contributed by atoms with van der Waals surface area (Å²) in [7, 11) is -3.56. The highest BCUT2D eigenvalue weighted by Crippen LogP contribution is 2.27. The van der Waals surface area contributed by atoms with Gasteiger partial charge in [0.05, 0.1) is 10.5 Å². The molecule has 2 aromatic carbocycles. The molecule has 0 radical (unpaired) electrons. The highest BCUT2D eigenvalue weighted by molar-refractivity contribution is 9.10. The molecule has 0 amide bonds. The van der Waals surface area contributed by atoms with Crippen molar-refractivity contribution < 1.29 is 17.9 Å². The van der Waals surface area contributed by atoms with Gasteiger partial charge in [-0.3, -0.25) is 0 Å². The number of ether oxygens (including phenoxy) is 1. The van der Waals surface area contributed by atoms with E-state index in [0.717, 1.165) is 10.9 Å². The largest absolute Gasteiger partial charge is 0.423 e. The van der Waals surface area contributed by atoms with Crippen LogP contribution in [0.25, 0.3) is 0 Å². The van der Waals surface area contributed by atoms with Crippen molar-refractivity contribution in [1.29, 1.82) is 0 Å². The van der Waals surface area contributed by atoms with E-state index >= 15 is 0 Å². The molecule has 7 heteroatoms. The Labute approximate surface area is 168 Å². The molecule has 0 spiro atoms. The first-order valence-electron chi connectivity index (χ1n) is 8.83. The summed E-state index contributed by atoms with van der Waals surface area (Å²) in [5.74, 6) is 0.574. The lowest BCUT2D eigenvalue weighted by Gasteiger charge is -2.34. The molecule has 1 aliphatic rings. The van der Waals surface area contributed by atoms with E-state index in [1.807, 2.05) is 0 Å². The lowest BCUT2D eigenvalue weighted by molar-refractivity contribution is 0.0734. The molecule has 1 aliphatic heterocycles. The van der Waals surface area contributed by atoms with Crippen LogP contribution in [-0.2, 0) is 10.0 Å². The molecule has 144 valence electrons. The number of esters is 1. The van der Waals surface area contributed by atoms with E-state index in [1.54, 1.807) is 28.6 Å². The van der Waals surface area contributed by atoms with Crippen LogP contribution in [0.1, 0.15) is 30.6 Å². The monoisotopic (exact) mass is 451 g/mol. The zero-order chi connectivity index (χ0) is 19.6. The molecule has 0 aromatic heterocycles. The van der Waals surface area contributed by atoms with E-state index in [2.05, 4.69) is 29.8 Å². The molecule has 2 aromatic rings. The molecular formula is C20H22BrNO4S. The third-order valence-corrected chi connectivity index (χ3v) is 6.96. The summed E-state index contributed by atoms with van der Waals surface area (Å²) in [6.07, 6.45) is 1.03. The third-order valence-electron chi connectivity index (χ3n) is 4.59. The normalized spacial score (nSPS) is 21.0. The van der Waals surface area contributed by atoms with Gasteiger partial charge in [-0.25, -0.2) is 13.2 Å². The third kappa shape index (κ3) is 4.78. The first-order valence-corrected chi connectivity index (χ1v) is 11.1. The van der Waals surface area contributed by atoms with Crippen molar-refractivity contribution in [1.82, 2.24) is 4.31 Å². The van der Waals surface area contributed by atoms with E-state index < -0.39 is 16.0 Å². The van der Waals surface area contributed by atoms with Crippen LogP contribution < -0.4 is 4.74 Å². The summed E-state index contributed by atoms with van der Waals surface area (Å²) < 4.78 is 33.5. The smallest absolute Gasteiger partial charge is 0.343 e. The van der Waals surface area contributed by atoms with E-state index in [1.165, 1.54) is 24.3 Å². The number of hydrogen-bond donors (Lipinski definition) is 0. The fourth-order valence-corrected chi connectivity index (χ4v) is 5.33. The number of piperidine rings is 1. The molecule has 0 aliphatic carbocycles. The van der Waals surface area contributed by atoms with Crippen LogP contribution in [0.3, 0.4) is 0 Å². The second-order valence-corrected chi connectivity index (χ2v) is 9.99. The Morgan fingerprint density at radius 3 is 2.11 bits per heavy atom. The van der Waals surface area contributed by atoms with Crippen molar-refractivity contribution >= 4 is 31.9 Å². The highest BCUT2D eigenvalue weighted by Gasteiger charge is 2.31. The van der Waals surface area contributed by atoms with Gasteiger partial charge in [-0.15, -0.1) is 0 Å². The van der Waals surface area contributed by atoms with Crippen LogP contribution in [0.15, 0.2) is 57.9 Å².